The Bertz CT molecular complexity index is 1350. The zero-order valence-electron chi connectivity index (χ0n) is 19.6. The van der Waals surface area contributed by atoms with E-state index in [-0.39, 0.29) is 22.8 Å². The van der Waals surface area contributed by atoms with Gasteiger partial charge in [0.25, 0.3) is 11.6 Å². The van der Waals surface area contributed by atoms with Gasteiger partial charge in [0.15, 0.2) is 15.9 Å². The van der Waals surface area contributed by atoms with Crippen molar-refractivity contribution in [1.82, 2.24) is 15.0 Å². The fourth-order valence-electron chi connectivity index (χ4n) is 4.25. The highest BCUT2D eigenvalue weighted by atomic mass is 32.2. The van der Waals surface area contributed by atoms with E-state index in [0.717, 1.165) is 11.1 Å². The lowest BCUT2D eigenvalue weighted by molar-refractivity contribution is -0.141. The van der Waals surface area contributed by atoms with Crippen LogP contribution < -0.4 is 0 Å². The van der Waals surface area contributed by atoms with Crippen LogP contribution in [0.4, 0.5) is 0 Å². The summed E-state index contributed by atoms with van der Waals surface area (Å²) in [7, 11) is -3.16. The molecule has 180 valence electrons. The Morgan fingerprint density at radius 2 is 1.94 bits per heavy atom. The first-order valence-electron chi connectivity index (χ1n) is 11.2. The molecule has 1 aromatic carbocycles. The minimum atomic E-state index is -3.16. The first-order valence-corrected chi connectivity index (χ1v) is 13.0. The van der Waals surface area contributed by atoms with Crippen LogP contribution in [0.25, 0.3) is 22.4 Å². The summed E-state index contributed by atoms with van der Waals surface area (Å²) >= 11 is 0. The molecule has 1 saturated heterocycles. The first kappa shape index (κ1) is 23.9. The molecule has 10 heteroatoms. The van der Waals surface area contributed by atoms with Crippen molar-refractivity contribution < 1.29 is 27.3 Å². The molecule has 0 bridgehead atoms. The predicted octanol–water partition coefficient (Wildman–Crippen LogP) is 3.09. The van der Waals surface area contributed by atoms with Gasteiger partial charge in [0.2, 0.25) is 0 Å². The summed E-state index contributed by atoms with van der Waals surface area (Å²) in [6, 6.07) is 8.86. The Hall–Kier alpha value is -3.27. The van der Waals surface area contributed by atoms with Crippen molar-refractivity contribution in [3.05, 3.63) is 47.2 Å². The number of rotatable bonds is 6. The Labute approximate surface area is 198 Å². The van der Waals surface area contributed by atoms with E-state index < -0.39 is 33.9 Å². The lowest BCUT2D eigenvalue weighted by Gasteiger charge is -2.29. The summed E-state index contributed by atoms with van der Waals surface area (Å²) in [5, 5.41) is 4.36. The van der Waals surface area contributed by atoms with E-state index in [0.29, 0.717) is 29.7 Å². The van der Waals surface area contributed by atoms with Crippen molar-refractivity contribution in [2.24, 2.45) is 0 Å². The number of aromatic nitrogens is 2. The molecule has 0 N–H and O–H groups in total. The number of ether oxygens (including phenoxy) is 1. The van der Waals surface area contributed by atoms with Gasteiger partial charge in [-0.3, -0.25) is 4.79 Å². The highest BCUT2D eigenvalue weighted by Gasteiger charge is 2.36. The molecule has 9 nitrogen and oxygen atoms in total. The molecule has 1 fully saturated rings. The number of aryl methyl sites for hydroxylation is 2. The molecule has 2 unspecified atom stereocenters. The zero-order valence-corrected chi connectivity index (χ0v) is 20.4. The fraction of sp³-hybridized carbons (Fsp3) is 0.417. The first-order chi connectivity index (χ1) is 16.1. The van der Waals surface area contributed by atoms with Gasteiger partial charge in [0.05, 0.1) is 33.8 Å². The van der Waals surface area contributed by atoms with Crippen LogP contribution in [0.5, 0.6) is 0 Å². The van der Waals surface area contributed by atoms with Gasteiger partial charge in [0, 0.05) is 18.2 Å². The van der Waals surface area contributed by atoms with Gasteiger partial charge in [0.1, 0.15) is 0 Å². The molecule has 0 aliphatic carbocycles. The largest absolute Gasteiger partial charge is 0.449 e. The maximum absolute atomic E-state index is 13.2. The van der Waals surface area contributed by atoms with E-state index >= 15 is 0 Å². The van der Waals surface area contributed by atoms with Gasteiger partial charge in [-0.25, -0.2) is 18.2 Å². The Morgan fingerprint density at radius 3 is 2.56 bits per heavy atom. The number of benzene rings is 1. The Kier molecular flexibility index (Phi) is 6.44. The SMILES string of the molecule is CCN(C(=O)C(C)OC(=O)c1cc(-c2ccc(C)cc2)nc2onc(C)c12)C1CCS(=O)(=O)C1. The van der Waals surface area contributed by atoms with Crippen LogP contribution in [0.2, 0.25) is 0 Å². The average molecular weight is 486 g/mol. The molecule has 0 saturated carbocycles. The highest BCUT2D eigenvalue weighted by Crippen LogP contribution is 2.28. The maximum atomic E-state index is 13.2. The predicted molar refractivity (Wildman–Crippen MR) is 126 cm³/mol. The van der Waals surface area contributed by atoms with Crippen LogP contribution in [0, 0.1) is 13.8 Å². The van der Waals surface area contributed by atoms with Crippen LogP contribution in [0.1, 0.15) is 41.9 Å². The summed E-state index contributed by atoms with van der Waals surface area (Å²) < 4.78 is 34.6. The molecule has 1 aliphatic heterocycles. The Morgan fingerprint density at radius 1 is 1.24 bits per heavy atom. The number of carbonyl (C=O) groups excluding carboxylic acids is 2. The van der Waals surface area contributed by atoms with E-state index in [1.54, 1.807) is 19.9 Å². The summed E-state index contributed by atoms with van der Waals surface area (Å²) in [5.41, 5.74) is 3.27. The van der Waals surface area contributed by atoms with Crippen molar-refractivity contribution in [2.45, 2.75) is 46.3 Å². The minimum absolute atomic E-state index is 0.0547. The standard InChI is InChI=1S/C24H27N3O6S/c1-5-27(18-10-11-34(30,31)13-18)23(28)16(4)32-24(29)19-12-20(17-8-6-14(2)7-9-17)25-22-21(19)15(3)26-33-22/h6-9,12,16,18H,5,10-11,13H2,1-4H3. The molecule has 1 amide bonds. The number of fused-ring (bicyclic) bond motifs is 1. The number of esters is 1. The second-order valence-corrected chi connectivity index (χ2v) is 10.8. The average Bonchev–Trinajstić information content (AvgIpc) is 3.35. The summed E-state index contributed by atoms with van der Waals surface area (Å²) in [6.07, 6.45) is -0.713. The molecule has 34 heavy (non-hydrogen) atoms. The number of amides is 1. The lowest BCUT2D eigenvalue weighted by atomic mass is 10.0. The normalized spacial score (nSPS) is 18.1. The second-order valence-electron chi connectivity index (χ2n) is 8.60. The molecule has 2 aromatic heterocycles. The monoisotopic (exact) mass is 485 g/mol. The van der Waals surface area contributed by atoms with Crippen LogP contribution in [-0.4, -0.2) is 65.5 Å². The highest BCUT2D eigenvalue weighted by molar-refractivity contribution is 7.91. The summed E-state index contributed by atoms with van der Waals surface area (Å²) in [6.45, 7) is 7.26. The lowest BCUT2D eigenvalue weighted by Crippen LogP contribution is -2.46. The quantitative estimate of drug-likeness (QED) is 0.489. The number of hydrogen-bond acceptors (Lipinski definition) is 8. The van der Waals surface area contributed by atoms with Crippen LogP contribution in [0.15, 0.2) is 34.9 Å². The third kappa shape index (κ3) is 4.68. The summed E-state index contributed by atoms with van der Waals surface area (Å²) in [5.74, 6) is -1.15. The molecule has 0 radical (unpaired) electrons. The molecule has 3 aromatic rings. The maximum Gasteiger partial charge on any atom is 0.339 e. The number of sulfone groups is 1. The van der Waals surface area contributed by atoms with Crippen molar-refractivity contribution in [3.8, 4) is 11.3 Å². The van der Waals surface area contributed by atoms with E-state index in [1.165, 1.54) is 11.8 Å². The van der Waals surface area contributed by atoms with Gasteiger partial charge >= 0.3 is 5.97 Å². The van der Waals surface area contributed by atoms with E-state index in [9.17, 15) is 18.0 Å². The second kappa shape index (κ2) is 9.17. The van der Waals surface area contributed by atoms with Crippen LogP contribution in [-0.2, 0) is 19.4 Å². The van der Waals surface area contributed by atoms with E-state index in [2.05, 4.69) is 10.1 Å². The number of nitrogens with zero attached hydrogens (tertiary/aromatic N) is 3. The topological polar surface area (TPSA) is 120 Å². The third-order valence-electron chi connectivity index (χ3n) is 6.09. The summed E-state index contributed by atoms with van der Waals surface area (Å²) in [4.78, 5) is 32.2. The van der Waals surface area contributed by atoms with E-state index in [4.69, 9.17) is 9.26 Å². The van der Waals surface area contributed by atoms with Gasteiger partial charge in [-0.1, -0.05) is 35.0 Å². The van der Waals surface area contributed by atoms with Crippen molar-refractivity contribution >= 4 is 32.8 Å². The fourth-order valence-corrected chi connectivity index (χ4v) is 5.98. The van der Waals surface area contributed by atoms with Crippen LogP contribution in [0.3, 0.4) is 0 Å². The van der Waals surface area contributed by atoms with E-state index in [1.807, 2.05) is 31.2 Å². The van der Waals surface area contributed by atoms with Gasteiger partial charge in [-0.2, -0.15) is 0 Å². The molecule has 2 atom stereocenters. The number of carbonyl (C=O) groups is 2. The zero-order chi connectivity index (χ0) is 24.6. The molecule has 4 rings (SSSR count). The van der Waals surface area contributed by atoms with Crippen molar-refractivity contribution in [2.75, 3.05) is 18.1 Å². The molecular weight excluding hydrogens is 458 g/mol. The van der Waals surface area contributed by atoms with Crippen LogP contribution >= 0.6 is 0 Å². The minimum Gasteiger partial charge on any atom is -0.449 e. The smallest absolute Gasteiger partial charge is 0.339 e. The molecule has 1 aliphatic rings. The van der Waals surface area contributed by atoms with Gasteiger partial charge in [-0.15, -0.1) is 0 Å². The molecule has 0 spiro atoms. The Balaban J connectivity index is 1.61. The number of likely N-dealkylation sites (N-methyl/N-ethyl adjacent to an activating group) is 1. The number of pyridine rings is 1. The van der Waals surface area contributed by atoms with Crippen molar-refractivity contribution in [1.29, 1.82) is 0 Å². The van der Waals surface area contributed by atoms with Crippen molar-refractivity contribution in [3.63, 3.8) is 0 Å². The van der Waals surface area contributed by atoms with Gasteiger partial charge < -0.3 is 14.2 Å². The third-order valence-corrected chi connectivity index (χ3v) is 7.84. The molecular formula is C24H27N3O6S. The van der Waals surface area contributed by atoms with Gasteiger partial charge in [-0.05, 0) is 40.2 Å². The number of hydrogen-bond donors (Lipinski definition) is 0. The molecule has 3 heterocycles.